The molecular formula is C26H34ClN5O. The van der Waals surface area contributed by atoms with E-state index in [9.17, 15) is 4.79 Å². The first kappa shape index (κ1) is 22.5. The van der Waals surface area contributed by atoms with Crippen molar-refractivity contribution in [2.45, 2.75) is 63.3 Å². The van der Waals surface area contributed by atoms with Crippen LogP contribution in [0, 0.1) is 0 Å². The molecule has 2 saturated heterocycles. The molecular weight excluding hydrogens is 434 g/mol. The summed E-state index contributed by atoms with van der Waals surface area (Å²) in [5.74, 6) is 2.16. The molecule has 5 rings (SSSR count). The molecule has 2 aliphatic heterocycles. The molecule has 0 radical (unpaired) electrons. The van der Waals surface area contributed by atoms with Crippen LogP contribution in [0.2, 0.25) is 5.02 Å². The van der Waals surface area contributed by atoms with E-state index in [1.54, 1.807) is 0 Å². The number of halogens is 1. The lowest BCUT2D eigenvalue weighted by Crippen LogP contribution is -2.54. The minimum atomic E-state index is -0.390. The Morgan fingerprint density at radius 2 is 1.55 bits per heavy atom. The Bertz CT molecular complexity index is 950. The van der Waals surface area contributed by atoms with Crippen molar-refractivity contribution in [3.05, 3.63) is 47.0 Å². The third kappa shape index (κ3) is 4.42. The fraction of sp³-hybridized carbons (Fsp3) is 0.577. The standard InChI is InChI=1S/C26H34ClN5O/c1-20-6-2-5-15-32(20)24-12-11-23(28-29-24)30-16-18-31(19-17-30)25(33)26(13-3-4-14-26)21-7-9-22(27)10-8-21/h7-12,20H,2-6,13-19H2,1H3. The second kappa shape index (κ2) is 9.49. The average Bonchev–Trinajstić information content (AvgIpc) is 3.36. The average molecular weight is 468 g/mol. The minimum Gasteiger partial charge on any atom is -0.352 e. The first-order chi connectivity index (χ1) is 16.1. The van der Waals surface area contributed by atoms with Crippen molar-refractivity contribution in [1.82, 2.24) is 15.1 Å². The maximum absolute atomic E-state index is 13.7. The summed E-state index contributed by atoms with van der Waals surface area (Å²) in [6, 6.07) is 12.6. The third-order valence-electron chi connectivity index (χ3n) is 7.89. The summed E-state index contributed by atoms with van der Waals surface area (Å²) < 4.78 is 0. The summed E-state index contributed by atoms with van der Waals surface area (Å²) in [6.45, 7) is 6.35. The van der Waals surface area contributed by atoms with Crippen LogP contribution in [0.1, 0.15) is 57.4 Å². The van der Waals surface area contributed by atoms with Crippen molar-refractivity contribution in [3.8, 4) is 0 Å². The van der Waals surface area contributed by atoms with E-state index in [4.69, 9.17) is 11.6 Å². The molecule has 1 aromatic heterocycles. The highest BCUT2D eigenvalue weighted by Crippen LogP contribution is 2.43. The van der Waals surface area contributed by atoms with Gasteiger partial charge in [-0.2, -0.15) is 0 Å². The van der Waals surface area contributed by atoms with Crippen LogP contribution in [-0.2, 0) is 10.2 Å². The summed E-state index contributed by atoms with van der Waals surface area (Å²) in [5.41, 5.74) is 0.726. The molecule has 2 aromatic rings. The summed E-state index contributed by atoms with van der Waals surface area (Å²) in [4.78, 5) is 20.4. The lowest BCUT2D eigenvalue weighted by atomic mass is 9.77. The molecule has 1 unspecified atom stereocenters. The second-order valence-corrected chi connectivity index (χ2v) is 10.3. The van der Waals surface area contributed by atoms with E-state index in [0.717, 1.165) is 80.6 Å². The zero-order valence-corrected chi connectivity index (χ0v) is 20.3. The molecule has 0 spiro atoms. The number of hydrogen-bond donors (Lipinski definition) is 0. The molecule has 7 heteroatoms. The van der Waals surface area contributed by atoms with Gasteiger partial charge in [0.1, 0.15) is 0 Å². The number of aromatic nitrogens is 2. The van der Waals surface area contributed by atoms with Crippen LogP contribution in [0.25, 0.3) is 0 Å². The van der Waals surface area contributed by atoms with Gasteiger partial charge in [0.2, 0.25) is 5.91 Å². The molecule has 0 bridgehead atoms. The van der Waals surface area contributed by atoms with Crippen LogP contribution in [0.3, 0.4) is 0 Å². The van der Waals surface area contributed by atoms with Crippen molar-refractivity contribution >= 4 is 29.1 Å². The van der Waals surface area contributed by atoms with Gasteiger partial charge in [-0.1, -0.05) is 36.6 Å². The zero-order chi connectivity index (χ0) is 22.8. The first-order valence-corrected chi connectivity index (χ1v) is 12.9. The van der Waals surface area contributed by atoms with E-state index in [2.05, 4.69) is 44.0 Å². The van der Waals surface area contributed by atoms with Crippen LogP contribution in [0.4, 0.5) is 11.6 Å². The number of piperidine rings is 1. The number of carbonyl (C=O) groups is 1. The second-order valence-electron chi connectivity index (χ2n) is 9.86. The molecule has 176 valence electrons. The van der Waals surface area contributed by atoms with Crippen LogP contribution in [-0.4, -0.2) is 59.8 Å². The predicted octanol–water partition coefficient (Wildman–Crippen LogP) is 4.67. The number of carbonyl (C=O) groups excluding carboxylic acids is 1. The fourth-order valence-electron chi connectivity index (χ4n) is 5.89. The lowest BCUT2D eigenvalue weighted by Gasteiger charge is -2.40. The van der Waals surface area contributed by atoms with Gasteiger partial charge < -0.3 is 14.7 Å². The monoisotopic (exact) mass is 467 g/mol. The smallest absolute Gasteiger partial charge is 0.233 e. The maximum Gasteiger partial charge on any atom is 0.233 e. The highest BCUT2D eigenvalue weighted by Gasteiger charge is 2.45. The van der Waals surface area contributed by atoms with Gasteiger partial charge >= 0.3 is 0 Å². The van der Waals surface area contributed by atoms with Gasteiger partial charge in [-0.3, -0.25) is 4.79 Å². The SMILES string of the molecule is CC1CCCCN1c1ccc(N2CCN(C(=O)C3(c4ccc(Cl)cc4)CCCC3)CC2)nn1. The molecule has 3 fully saturated rings. The molecule has 3 aliphatic rings. The summed E-state index contributed by atoms with van der Waals surface area (Å²) >= 11 is 6.11. The molecule has 33 heavy (non-hydrogen) atoms. The van der Waals surface area contributed by atoms with E-state index in [1.807, 2.05) is 24.3 Å². The maximum atomic E-state index is 13.7. The normalized spacial score (nSPS) is 23.1. The quantitative estimate of drug-likeness (QED) is 0.654. The summed E-state index contributed by atoms with van der Waals surface area (Å²) in [7, 11) is 0. The number of hydrogen-bond acceptors (Lipinski definition) is 5. The first-order valence-electron chi connectivity index (χ1n) is 12.5. The molecule has 1 saturated carbocycles. The van der Waals surface area contributed by atoms with E-state index in [0.29, 0.717) is 6.04 Å². The number of amides is 1. The van der Waals surface area contributed by atoms with E-state index >= 15 is 0 Å². The van der Waals surface area contributed by atoms with Gasteiger partial charge in [-0.05, 0) is 68.9 Å². The third-order valence-corrected chi connectivity index (χ3v) is 8.14. The van der Waals surface area contributed by atoms with E-state index in [1.165, 1.54) is 19.3 Å². The van der Waals surface area contributed by atoms with Crippen molar-refractivity contribution in [1.29, 1.82) is 0 Å². The molecule has 0 N–H and O–H groups in total. The molecule has 6 nitrogen and oxygen atoms in total. The van der Waals surface area contributed by atoms with E-state index in [-0.39, 0.29) is 11.3 Å². The molecule has 1 aliphatic carbocycles. The van der Waals surface area contributed by atoms with Crippen molar-refractivity contribution in [2.24, 2.45) is 0 Å². The fourth-order valence-corrected chi connectivity index (χ4v) is 6.02. The molecule has 3 heterocycles. The largest absolute Gasteiger partial charge is 0.352 e. The van der Waals surface area contributed by atoms with Gasteiger partial charge in [0, 0.05) is 43.8 Å². The van der Waals surface area contributed by atoms with Crippen LogP contribution in [0.5, 0.6) is 0 Å². The van der Waals surface area contributed by atoms with E-state index < -0.39 is 0 Å². The molecule has 1 atom stereocenters. The van der Waals surface area contributed by atoms with Gasteiger partial charge in [0.05, 0.1) is 5.41 Å². The van der Waals surface area contributed by atoms with Gasteiger partial charge in [0.25, 0.3) is 0 Å². The Morgan fingerprint density at radius 1 is 0.879 bits per heavy atom. The lowest BCUT2D eigenvalue weighted by molar-refractivity contribution is -0.137. The Morgan fingerprint density at radius 3 is 2.18 bits per heavy atom. The Balaban J connectivity index is 1.24. The highest BCUT2D eigenvalue weighted by molar-refractivity contribution is 6.30. The van der Waals surface area contributed by atoms with Crippen LogP contribution < -0.4 is 9.80 Å². The zero-order valence-electron chi connectivity index (χ0n) is 19.5. The van der Waals surface area contributed by atoms with Gasteiger partial charge in [-0.25, -0.2) is 0 Å². The number of rotatable bonds is 4. The van der Waals surface area contributed by atoms with Crippen molar-refractivity contribution in [2.75, 3.05) is 42.5 Å². The Kier molecular flexibility index (Phi) is 6.46. The number of nitrogens with zero attached hydrogens (tertiary/aromatic N) is 5. The Labute approximate surface area is 201 Å². The van der Waals surface area contributed by atoms with Gasteiger partial charge in [0.15, 0.2) is 11.6 Å². The predicted molar refractivity (Wildman–Crippen MR) is 133 cm³/mol. The highest BCUT2D eigenvalue weighted by atomic mass is 35.5. The Hall–Kier alpha value is -2.34. The van der Waals surface area contributed by atoms with Gasteiger partial charge in [-0.15, -0.1) is 10.2 Å². The van der Waals surface area contributed by atoms with Crippen LogP contribution in [0.15, 0.2) is 36.4 Å². The summed E-state index contributed by atoms with van der Waals surface area (Å²) in [6.07, 6.45) is 7.80. The number of anilines is 2. The molecule has 1 amide bonds. The van der Waals surface area contributed by atoms with Crippen molar-refractivity contribution < 1.29 is 4.79 Å². The topological polar surface area (TPSA) is 52.6 Å². The number of piperazine rings is 1. The minimum absolute atomic E-state index is 0.280. The van der Waals surface area contributed by atoms with Crippen molar-refractivity contribution in [3.63, 3.8) is 0 Å². The molecule has 1 aromatic carbocycles. The summed E-state index contributed by atoms with van der Waals surface area (Å²) in [5, 5.41) is 9.81. The number of benzene rings is 1. The van der Waals surface area contributed by atoms with Crippen LogP contribution >= 0.6 is 11.6 Å².